The fraction of sp³-hybridized carbons (Fsp3) is 0.429. The molecule has 2 aromatic carbocycles. The van der Waals surface area contributed by atoms with E-state index in [2.05, 4.69) is 5.32 Å². The predicted molar refractivity (Wildman–Crippen MR) is 129 cm³/mol. The van der Waals surface area contributed by atoms with Gasteiger partial charge in [0.1, 0.15) is 17.8 Å². The van der Waals surface area contributed by atoms with Crippen molar-refractivity contribution in [3.05, 3.63) is 65.7 Å². The number of para-hydroxylation sites is 1. The molecule has 8 heteroatoms. The molecule has 7 atom stereocenters. The standard InChI is InChI=1S/C28H28N2O6/c1-16(32)36-22-12-20-18(13-31)23-24(28(22)19-10-6-7-11-21(19)29-25(28)33)27(20,26(34)30(23)2)15-35-14-17-8-4-3-5-9-17/h3-11,13,18,20,22-24H,12,14-15H2,1-2H3,(H,29,33)/t18-,20-,22-,23-,24-,27+,28+/m0/s1. The van der Waals surface area contributed by atoms with Crippen LogP contribution in [0.25, 0.3) is 0 Å². The second-order valence-corrected chi connectivity index (χ2v) is 10.4. The van der Waals surface area contributed by atoms with E-state index in [-0.39, 0.29) is 24.8 Å². The second-order valence-electron chi connectivity index (χ2n) is 10.4. The third kappa shape index (κ3) is 2.73. The molecule has 2 heterocycles. The maximum absolute atomic E-state index is 14.0. The fourth-order valence-corrected chi connectivity index (χ4v) is 7.85. The van der Waals surface area contributed by atoms with Crippen LogP contribution in [0.5, 0.6) is 0 Å². The van der Waals surface area contributed by atoms with Crippen molar-refractivity contribution >= 4 is 29.8 Å². The van der Waals surface area contributed by atoms with E-state index in [1.807, 2.05) is 54.6 Å². The SMILES string of the molecule is CC(=O)O[C@H]1C[C@H]2[C@H](C=O)[C@H]3[C@@H]([C@]2(COCc2ccccc2)C(=O)N3C)[C@]12C(=O)Nc1ccccc12. The van der Waals surface area contributed by atoms with Crippen LogP contribution in [0, 0.1) is 23.2 Å². The number of carbonyl (C=O) groups excluding carboxylic acids is 4. The lowest BCUT2D eigenvalue weighted by Crippen LogP contribution is -2.63. The molecule has 1 saturated heterocycles. The number of nitrogens with zero attached hydrogens (tertiary/aromatic N) is 1. The minimum atomic E-state index is -1.31. The molecule has 1 spiro atoms. The van der Waals surface area contributed by atoms with Gasteiger partial charge in [0.05, 0.1) is 18.6 Å². The number of hydrogen-bond acceptors (Lipinski definition) is 6. The van der Waals surface area contributed by atoms with Gasteiger partial charge in [0.15, 0.2) is 0 Å². The predicted octanol–water partition coefficient (Wildman–Crippen LogP) is 2.32. The Labute approximate surface area is 208 Å². The number of nitrogens with one attached hydrogen (secondary N) is 1. The molecular weight excluding hydrogens is 460 g/mol. The number of esters is 1. The van der Waals surface area contributed by atoms with Crippen LogP contribution in [-0.2, 0) is 40.7 Å². The summed E-state index contributed by atoms with van der Waals surface area (Å²) in [5.41, 5.74) is -0.0850. The number of likely N-dealkylation sites (tertiary alicyclic amines) is 1. The monoisotopic (exact) mass is 488 g/mol. The molecule has 8 nitrogen and oxygen atoms in total. The van der Waals surface area contributed by atoms with Crippen LogP contribution in [0.4, 0.5) is 5.69 Å². The zero-order chi connectivity index (χ0) is 25.2. The molecule has 2 amide bonds. The number of piperidine rings is 1. The van der Waals surface area contributed by atoms with Crippen LogP contribution >= 0.6 is 0 Å². The average molecular weight is 489 g/mol. The molecule has 0 radical (unpaired) electrons. The Bertz CT molecular complexity index is 1260. The van der Waals surface area contributed by atoms with Gasteiger partial charge in [-0.3, -0.25) is 14.4 Å². The van der Waals surface area contributed by atoms with Gasteiger partial charge in [-0.05, 0) is 29.5 Å². The van der Waals surface area contributed by atoms with Gasteiger partial charge >= 0.3 is 5.97 Å². The van der Waals surface area contributed by atoms with Crippen molar-refractivity contribution < 1.29 is 28.7 Å². The van der Waals surface area contributed by atoms with E-state index in [1.54, 1.807) is 11.9 Å². The van der Waals surface area contributed by atoms with Crippen LogP contribution in [-0.4, -0.2) is 54.8 Å². The Kier molecular flexibility index (Phi) is 5.09. The van der Waals surface area contributed by atoms with Crippen LogP contribution < -0.4 is 5.32 Å². The first kappa shape index (κ1) is 22.9. The summed E-state index contributed by atoms with van der Waals surface area (Å²) in [5.74, 6) is -2.41. The number of benzene rings is 2. The highest BCUT2D eigenvalue weighted by atomic mass is 16.5. The summed E-state index contributed by atoms with van der Waals surface area (Å²) < 4.78 is 12.1. The number of ether oxygens (including phenoxy) is 2. The summed E-state index contributed by atoms with van der Waals surface area (Å²) in [5, 5.41) is 2.99. The number of fused-ring (bicyclic) bond motifs is 2. The normalized spacial score (nSPS) is 35.6. The van der Waals surface area contributed by atoms with Crippen LogP contribution in [0.3, 0.4) is 0 Å². The number of aldehydes is 1. The lowest BCUT2D eigenvalue weighted by atomic mass is 9.51. The maximum atomic E-state index is 14.0. The summed E-state index contributed by atoms with van der Waals surface area (Å²) in [7, 11) is 1.70. The van der Waals surface area contributed by atoms with Crippen molar-refractivity contribution in [3.8, 4) is 0 Å². The molecule has 2 aliphatic heterocycles. The highest BCUT2D eigenvalue weighted by Gasteiger charge is 2.83. The summed E-state index contributed by atoms with van der Waals surface area (Å²) >= 11 is 0. The van der Waals surface area contributed by atoms with Gasteiger partial charge in [0.25, 0.3) is 0 Å². The lowest BCUT2D eigenvalue weighted by Gasteiger charge is -2.51. The van der Waals surface area contributed by atoms with E-state index < -0.39 is 46.7 Å². The quantitative estimate of drug-likeness (QED) is 0.495. The molecule has 2 aliphatic carbocycles. The Morgan fingerprint density at radius 1 is 1.14 bits per heavy atom. The van der Waals surface area contributed by atoms with Crippen molar-refractivity contribution in [2.75, 3.05) is 19.0 Å². The minimum Gasteiger partial charge on any atom is -0.461 e. The van der Waals surface area contributed by atoms with Gasteiger partial charge < -0.3 is 24.5 Å². The summed E-state index contributed by atoms with van der Waals surface area (Å²) in [6.07, 6.45) is 0.335. The van der Waals surface area contributed by atoms with E-state index in [0.717, 1.165) is 11.8 Å². The van der Waals surface area contributed by atoms with E-state index in [9.17, 15) is 19.2 Å². The Morgan fingerprint density at radius 2 is 1.86 bits per heavy atom. The third-order valence-corrected chi connectivity index (χ3v) is 8.96. The first-order valence-electron chi connectivity index (χ1n) is 12.3. The van der Waals surface area contributed by atoms with Gasteiger partial charge in [0, 0.05) is 37.5 Å². The van der Waals surface area contributed by atoms with Crippen molar-refractivity contribution in [1.29, 1.82) is 0 Å². The molecule has 0 aromatic heterocycles. The second kappa shape index (κ2) is 8.00. The Morgan fingerprint density at radius 3 is 2.58 bits per heavy atom. The van der Waals surface area contributed by atoms with E-state index in [0.29, 0.717) is 17.9 Å². The zero-order valence-corrected chi connectivity index (χ0v) is 20.2. The largest absolute Gasteiger partial charge is 0.461 e. The van der Waals surface area contributed by atoms with Gasteiger partial charge in [-0.25, -0.2) is 0 Å². The molecule has 4 bridgehead atoms. The van der Waals surface area contributed by atoms with Crippen molar-refractivity contribution in [2.45, 2.75) is 37.5 Å². The number of amides is 2. The topological polar surface area (TPSA) is 102 Å². The molecule has 1 N–H and O–H groups in total. The van der Waals surface area contributed by atoms with Crippen LogP contribution in [0.1, 0.15) is 24.5 Å². The lowest BCUT2D eigenvalue weighted by molar-refractivity contribution is -0.173. The summed E-state index contributed by atoms with van der Waals surface area (Å²) in [6.45, 7) is 1.70. The van der Waals surface area contributed by atoms with Gasteiger partial charge in [-0.1, -0.05) is 48.5 Å². The van der Waals surface area contributed by atoms with Crippen molar-refractivity contribution in [1.82, 2.24) is 4.90 Å². The molecule has 6 rings (SSSR count). The smallest absolute Gasteiger partial charge is 0.302 e. The molecule has 4 aliphatic rings. The Hall–Kier alpha value is -3.52. The molecule has 3 fully saturated rings. The molecule has 36 heavy (non-hydrogen) atoms. The minimum absolute atomic E-state index is 0.0746. The Balaban J connectivity index is 1.52. The van der Waals surface area contributed by atoms with Gasteiger partial charge in [-0.2, -0.15) is 0 Å². The molecule has 2 saturated carbocycles. The van der Waals surface area contributed by atoms with E-state index in [4.69, 9.17) is 9.47 Å². The summed E-state index contributed by atoms with van der Waals surface area (Å²) in [6, 6.07) is 16.5. The van der Waals surface area contributed by atoms with Gasteiger partial charge in [0.2, 0.25) is 11.8 Å². The molecule has 0 unspecified atom stereocenters. The maximum Gasteiger partial charge on any atom is 0.302 e. The fourth-order valence-electron chi connectivity index (χ4n) is 7.85. The highest BCUT2D eigenvalue weighted by molar-refractivity contribution is 6.09. The average Bonchev–Trinajstić information content (AvgIpc) is 3.35. The van der Waals surface area contributed by atoms with E-state index in [1.165, 1.54) is 6.92 Å². The number of rotatable bonds is 6. The third-order valence-electron chi connectivity index (χ3n) is 8.96. The number of anilines is 1. The van der Waals surface area contributed by atoms with Crippen molar-refractivity contribution in [2.24, 2.45) is 23.2 Å². The van der Waals surface area contributed by atoms with Crippen molar-refractivity contribution in [3.63, 3.8) is 0 Å². The van der Waals surface area contributed by atoms with E-state index >= 15 is 0 Å². The molecule has 2 aromatic rings. The first-order chi connectivity index (χ1) is 17.4. The first-order valence-corrected chi connectivity index (χ1v) is 12.3. The number of hydrogen-bond donors (Lipinski definition) is 1. The molecular formula is C28H28N2O6. The van der Waals surface area contributed by atoms with Crippen LogP contribution in [0.2, 0.25) is 0 Å². The highest BCUT2D eigenvalue weighted by Crippen LogP contribution is 2.71. The molecule has 186 valence electrons. The van der Waals surface area contributed by atoms with Gasteiger partial charge in [-0.15, -0.1) is 0 Å². The number of carbonyl (C=O) groups is 4. The van der Waals surface area contributed by atoms with Crippen LogP contribution in [0.15, 0.2) is 54.6 Å². The zero-order valence-electron chi connectivity index (χ0n) is 20.2. The summed E-state index contributed by atoms with van der Waals surface area (Å²) in [4.78, 5) is 54.3.